The van der Waals surface area contributed by atoms with Crippen molar-refractivity contribution in [3.05, 3.63) is 24.0 Å². The van der Waals surface area contributed by atoms with Gasteiger partial charge in [0.1, 0.15) is 5.82 Å². The molecule has 2 aromatic rings. The number of hydrogen-bond donors (Lipinski definition) is 1. The van der Waals surface area contributed by atoms with Crippen molar-refractivity contribution < 1.29 is 8.42 Å². The zero-order valence-electron chi connectivity index (χ0n) is 14.9. The molecule has 0 radical (unpaired) electrons. The number of hydrogen-bond acceptors (Lipinski definition) is 4. The van der Waals surface area contributed by atoms with Gasteiger partial charge in [0.15, 0.2) is 0 Å². The Morgan fingerprint density at radius 1 is 1.16 bits per heavy atom. The summed E-state index contributed by atoms with van der Waals surface area (Å²) in [4.78, 5) is 7.36. The Bertz CT molecular complexity index is 821. The lowest BCUT2D eigenvalue weighted by Gasteiger charge is -2.20. The molecule has 138 valence electrons. The summed E-state index contributed by atoms with van der Waals surface area (Å²) in [7, 11) is -3.71. The Morgan fingerprint density at radius 2 is 1.88 bits per heavy atom. The summed E-state index contributed by atoms with van der Waals surface area (Å²) in [6.07, 6.45) is 7.28. The van der Waals surface area contributed by atoms with Crippen LogP contribution in [0.5, 0.6) is 0 Å². The van der Waals surface area contributed by atoms with E-state index in [1.807, 2.05) is 6.07 Å². The molecule has 0 aliphatic carbocycles. The van der Waals surface area contributed by atoms with Gasteiger partial charge in [0.2, 0.25) is 10.0 Å². The maximum atomic E-state index is 11.6. The van der Waals surface area contributed by atoms with Crippen LogP contribution in [0.2, 0.25) is 0 Å². The number of rotatable bonds is 6. The first-order chi connectivity index (χ1) is 12.0. The number of imidazole rings is 1. The Labute approximate surface area is 150 Å². The van der Waals surface area contributed by atoms with Crippen LogP contribution in [0.25, 0.3) is 11.0 Å². The first kappa shape index (κ1) is 18.4. The van der Waals surface area contributed by atoms with E-state index in [2.05, 4.69) is 16.4 Å². The minimum atomic E-state index is -3.71. The van der Waals surface area contributed by atoms with Gasteiger partial charge in [0.25, 0.3) is 0 Å². The van der Waals surface area contributed by atoms with Crippen LogP contribution in [0, 0.1) is 0 Å². The average Bonchev–Trinajstić information content (AvgIpc) is 2.72. The summed E-state index contributed by atoms with van der Waals surface area (Å²) in [6, 6.07) is 5.01. The maximum Gasteiger partial charge on any atom is 0.238 e. The predicted octanol–water partition coefficient (Wildman–Crippen LogP) is 2.86. The third kappa shape index (κ3) is 4.40. The second-order valence-electron chi connectivity index (χ2n) is 6.92. The topological polar surface area (TPSA) is 81.2 Å². The Kier molecular flexibility index (Phi) is 5.76. The van der Waals surface area contributed by atoms with E-state index in [4.69, 9.17) is 10.1 Å². The number of nitrogens with zero attached hydrogens (tertiary/aromatic N) is 3. The van der Waals surface area contributed by atoms with E-state index in [1.165, 1.54) is 25.7 Å². The lowest BCUT2D eigenvalue weighted by molar-refractivity contribution is 0.266. The second kappa shape index (κ2) is 7.85. The summed E-state index contributed by atoms with van der Waals surface area (Å²) >= 11 is 0. The Balaban J connectivity index is 1.96. The van der Waals surface area contributed by atoms with Crippen LogP contribution in [-0.2, 0) is 23.1 Å². The van der Waals surface area contributed by atoms with E-state index in [1.54, 1.807) is 12.1 Å². The zero-order chi connectivity index (χ0) is 17.9. The van der Waals surface area contributed by atoms with Crippen molar-refractivity contribution in [2.24, 2.45) is 5.14 Å². The molecule has 6 nitrogen and oxygen atoms in total. The van der Waals surface area contributed by atoms with Crippen molar-refractivity contribution in [1.29, 1.82) is 0 Å². The molecular formula is C18H28N4O2S. The molecule has 1 aromatic carbocycles. The van der Waals surface area contributed by atoms with Gasteiger partial charge in [-0.1, -0.05) is 26.2 Å². The number of primary sulfonamides is 1. The SMILES string of the molecule is CCCCn1c(CN2CCCCCC2)nc2cc(S(N)(=O)=O)ccc21. The molecule has 0 amide bonds. The fourth-order valence-corrected chi connectivity index (χ4v) is 4.05. The van der Waals surface area contributed by atoms with Crippen molar-refractivity contribution in [1.82, 2.24) is 14.5 Å². The molecular weight excluding hydrogens is 336 g/mol. The van der Waals surface area contributed by atoms with E-state index in [-0.39, 0.29) is 4.90 Å². The first-order valence-electron chi connectivity index (χ1n) is 9.23. The lowest BCUT2D eigenvalue weighted by Crippen LogP contribution is -2.26. The maximum absolute atomic E-state index is 11.6. The fourth-order valence-electron chi connectivity index (χ4n) is 3.52. The average molecular weight is 365 g/mol. The molecule has 25 heavy (non-hydrogen) atoms. The van der Waals surface area contributed by atoms with Crippen LogP contribution >= 0.6 is 0 Å². The summed E-state index contributed by atoms with van der Waals surface area (Å²) in [5.74, 6) is 1.02. The van der Waals surface area contributed by atoms with Gasteiger partial charge in [-0.15, -0.1) is 0 Å². The molecule has 2 heterocycles. The number of aryl methyl sites for hydroxylation is 1. The smallest absolute Gasteiger partial charge is 0.238 e. The zero-order valence-corrected chi connectivity index (χ0v) is 15.8. The highest BCUT2D eigenvalue weighted by Gasteiger charge is 2.17. The van der Waals surface area contributed by atoms with Crippen LogP contribution in [0.4, 0.5) is 0 Å². The molecule has 1 saturated heterocycles. The quantitative estimate of drug-likeness (QED) is 0.854. The Hall–Kier alpha value is -1.44. The van der Waals surface area contributed by atoms with E-state index < -0.39 is 10.0 Å². The molecule has 0 spiro atoms. The molecule has 0 bridgehead atoms. The highest BCUT2D eigenvalue weighted by Crippen LogP contribution is 2.22. The summed E-state index contributed by atoms with van der Waals surface area (Å²) in [6.45, 7) is 6.12. The summed E-state index contributed by atoms with van der Waals surface area (Å²) in [5.41, 5.74) is 1.71. The van der Waals surface area contributed by atoms with Gasteiger partial charge >= 0.3 is 0 Å². The monoisotopic (exact) mass is 364 g/mol. The highest BCUT2D eigenvalue weighted by molar-refractivity contribution is 7.89. The van der Waals surface area contributed by atoms with Crippen molar-refractivity contribution in [3.8, 4) is 0 Å². The second-order valence-corrected chi connectivity index (χ2v) is 8.48. The van der Waals surface area contributed by atoms with Gasteiger partial charge in [0.05, 0.1) is 22.5 Å². The number of nitrogens with two attached hydrogens (primary N) is 1. The summed E-state index contributed by atoms with van der Waals surface area (Å²) in [5, 5.41) is 5.27. The van der Waals surface area contributed by atoms with Crippen LogP contribution < -0.4 is 5.14 Å². The van der Waals surface area contributed by atoms with Gasteiger partial charge in [0, 0.05) is 6.54 Å². The van der Waals surface area contributed by atoms with Crippen molar-refractivity contribution in [3.63, 3.8) is 0 Å². The van der Waals surface area contributed by atoms with Crippen LogP contribution in [0.15, 0.2) is 23.1 Å². The van der Waals surface area contributed by atoms with Gasteiger partial charge < -0.3 is 4.57 Å². The van der Waals surface area contributed by atoms with Crippen LogP contribution in [0.3, 0.4) is 0 Å². The highest BCUT2D eigenvalue weighted by atomic mass is 32.2. The third-order valence-electron chi connectivity index (χ3n) is 4.93. The van der Waals surface area contributed by atoms with Crippen molar-refractivity contribution >= 4 is 21.1 Å². The van der Waals surface area contributed by atoms with Gasteiger partial charge in [-0.3, -0.25) is 4.90 Å². The number of unbranched alkanes of at least 4 members (excludes halogenated alkanes) is 1. The van der Waals surface area contributed by atoms with E-state index >= 15 is 0 Å². The molecule has 0 atom stereocenters. The number of benzene rings is 1. The predicted molar refractivity (Wildman–Crippen MR) is 99.8 cm³/mol. The van der Waals surface area contributed by atoms with Crippen LogP contribution in [-0.4, -0.2) is 36.0 Å². The number of fused-ring (bicyclic) bond motifs is 1. The number of sulfonamides is 1. The lowest BCUT2D eigenvalue weighted by atomic mass is 10.2. The molecule has 1 aromatic heterocycles. The molecule has 1 aliphatic rings. The fraction of sp³-hybridized carbons (Fsp3) is 0.611. The Morgan fingerprint density at radius 3 is 2.52 bits per heavy atom. The molecule has 0 unspecified atom stereocenters. The number of likely N-dealkylation sites (tertiary alicyclic amines) is 1. The molecule has 0 saturated carbocycles. The molecule has 3 rings (SSSR count). The molecule has 1 aliphatic heterocycles. The van der Waals surface area contributed by atoms with Crippen molar-refractivity contribution in [2.75, 3.05) is 13.1 Å². The standard InChI is InChI=1S/C18H28N4O2S/c1-2-3-12-22-17-9-8-15(25(19,23)24)13-16(17)20-18(22)14-21-10-6-4-5-7-11-21/h8-9,13H,2-7,10-12,14H2,1H3,(H2,19,23,24). The van der Waals surface area contributed by atoms with E-state index in [0.29, 0.717) is 5.52 Å². The number of aromatic nitrogens is 2. The van der Waals surface area contributed by atoms with E-state index in [9.17, 15) is 8.42 Å². The van der Waals surface area contributed by atoms with Crippen molar-refractivity contribution in [2.45, 2.75) is 63.4 Å². The van der Waals surface area contributed by atoms with Gasteiger partial charge in [-0.05, 0) is 50.6 Å². The normalized spacial score (nSPS) is 17.0. The summed E-state index contributed by atoms with van der Waals surface area (Å²) < 4.78 is 25.5. The van der Waals surface area contributed by atoms with Gasteiger partial charge in [-0.25, -0.2) is 18.5 Å². The van der Waals surface area contributed by atoms with Crippen LogP contribution in [0.1, 0.15) is 51.3 Å². The minimum Gasteiger partial charge on any atom is -0.327 e. The molecule has 7 heteroatoms. The first-order valence-corrected chi connectivity index (χ1v) is 10.8. The van der Waals surface area contributed by atoms with Gasteiger partial charge in [-0.2, -0.15) is 0 Å². The van der Waals surface area contributed by atoms with E-state index in [0.717, 1.165) is 50.4 Å². The molecule has 1 fully saturated rings. The minimum absolute atomic E-state index is 0.126. The largest absolute Gasteiger partial charge is 0.327 e. The third-order valence-corrected chi connectivity index (χ3v) is 5.84. The molecule has 2 N–H and O–H groups in total.